The molecule has 0 bridgehead atoms. The van der Waals surface area contributed by atoms with Crippen LogP contribution in [0.2, 0.25) is 0 Å². The van der Waals surface area contributed by atoms with Crippen LogP contribution >= 0.6 is 11.8 Å². The number of thioether (sulfide) groups is 1. The maximum Gasteiger partial charge on any atom is -0.00172 e. The lowest BCUT2D eigenvalue weighted by Crippen LogP contribution is -2.24. The third kappa shape index (κ3) is 5.92. The molecule has 0 fully saturated rings. The molecule has 0 saturated heterocycles. The number of aryl methyl sites for hydroxylation is 1. The highest BCUT2D eigenvalue weighted by atomic mass is 32.2. The van der Waals surface area contributed by atoms with E-state index in [1.807, 2.05) is 0 Å². The Kier molecular flexibility index (Phi) is 8.19. The molecule has 0 aromatic heterocycles. The summed E-state index contributed by atoms with van der Waals surface area (Å²) in [7, 11) is 0. The molecule has 0 amide bonds. The van der Waals surface area contributed by atoms with Gasteiger partial charge in [-0.25, -0.2) is 0 Å². The average molecular weight is 265 g/mol. The lowest BCUT2D eigenvalue weighted by Gasteiger charge is -2.18. The highest BCUT2D eigenvalue weighted by molar-refractivity contribution is 7.99. The monoisotopic (exact) mass is 265 g/mol. The van der Waals surface area contributed by atoms with Crippen molar-refractivity contribution in [3.63, 3.8) is 0 Å². The normalized spacial score (nSPS) is 12.6. The standard InChI is InChI=1S/C16H27NS/c1-4-17-13-15(10-11-18-5-2)12-16-9-7-6-8-14(16)3/h6-9,15,17H,4-5,10-13H2,1-3H3. The van der Waals surface area contributed by atoms with E-state index in [1.54, 1.807) is 0 Å². The fraction of sp³-hybridized carbons (Fsp3) is 0.625. The molecule has 0 saturated carbocycles. The van der Waals surface area contributed by atoms with Crippen molar-refractivity contribution < 1.29 is 0 Å². The summed E-state index contributed by atoms with van der Waals surface area (Å²) in [6.07, 6.45) is 2.53. The van der Waals surface area contributed by atoms with Crippen LogP contribution in [-0.2, 0) is 6.42 Å². The summed E-state index contributed by atoms with van der Waals surface area (Å²) in [4.78, 5) is 0. The van der Waals surface area contributed by atoms with Crippen LogP contribution in [0.1, 0.15) is 31.4 Å². The molecule has 1 rings (SSSR count). The lowest BCUT2D eigenvalue weighted by atomic mass is 9.94. The van der Waals surface area contributed by atoms with E-state index in [1.165, 1.54) is 35.5 Å². The molecule has 18 heavy (non-hydrogen) atoms. The third-order valence-electron chi connectivity index (χ3n) is 3.33. The summed E-state index contributed by atoms with van der Waals surface area (Å²) in [5, 5.41) is 3.51. The largest absolute Gasteiger partial charge is 0.317 e. The second kappa shape index (κ2) is 9.46. The topological polar surface area (TPSA) is 12.0 Å². The van der Waals surface area contributed by atoms with Crippen molar-refractivity contribution in [2.24, 2.45) is 5.92 Å². The minimum Gasteiger partial charge on any atom is -0.317 e. The Morgan fingerprint density at radius 3 is 2.67 bits per heavy atom. The predicted molar refractivity (Wildman–Crippen MR) is 84.5 cm³/mol. The van der Waals surface area contributed by atoms with Gasteiger partial charge in [0.25, 0.3) is 0 Å². The number of hydrogen-bond acceptors (Lipinski definition) is 2. The lowest BCUT2D eigenvalue weighted by molar-refractivity contribution is 0.469. The van der Waals surface area contributed by atoms with E-state index in [0.29, 0.717) is 0 Å². The molecule has 1 N–H and O–H groups in total. The Hall–Kier alpha value is -0.470. The molecule has 1 nitrogen and oxygen atoms in total. The SMILES string of the molecule is CCNCC(CCSCC)Cc1ccccc1C. The minimum absolute atomic E-state index is 0.769. The Labute approximate surface area is 117 Å². The zero-order valence-corrected chi connectivity index (χ0v) is 12.9. The van der Waals surface area contributed by atoms with Crippen LogP contribution in [0.3, 0.4) is 0 Å². The second-order valence-corrected chi connectivity index (χ2v) is 6.18. The van der Waals surface area contributed by atoms with Crippen molar-refractivity contribution in [2.45, 2.75) is 33.6 Å². The van der Waals surface area contributed by atoms with Gasteiger partial charge in [-0.1, -0.05) is 38.1 Å². The first kappa shape index (κ1) is 15.6. The molecule has 0 spiro atoms. The molecule has 1 aromatic rings. The first-order valence-corrected chi connectivity index (χ1v) is 8.26. The highest BCUT2D eigenvalue weighted by Gasteiger charge is 2.10. The van der Waals surface area contributed by atoms with E-state index in [2.05, 4.69) is 62.1 Å². The van der Waals surface area contributed by atoms with E-state index in [0.717, 1.165) is 19.0 Å². The van der Waals surface area contributed by atoms with Gasteiger partial charge in [0.1, 0.15) is 0 Å². The highest BCUT2D eigenvalue weighted by Crippen LogP contribution is 2.17. The van der Waals surface area contributed by atoms with Gasteiger partial charge in [-0.3, -0.25) is 0 Å². The van der Waals surface area contributed by atoms with Gasteiger partial charge in [0.15, 0.2) is 0 Å². The van der Waals surface area contributed by atoms with E-state index < -0.39 is 0 Å². The van der Waals surface area contributed by atoms with E-state index in [9.17, 15) is 0 Å². The summed E-state index contributed by atoms with van der Waals surface area (Å²) in [6, 6.07) is 8.79. The molecule has 0 aliphatic carbocycles. The summed E-state index contributed by atoms with van der Waals surface area (Å²) < 4.78 is 0. The minimum atomic E-state index is 0.769. The van der Waals surface area contributed by atoms with E-state index in [-0.39, 0.29) is 0 Å². The molecule has 0 aliphatic rings. The van der Waals surface area contributed by atoms with E-state index in [4.69, 9.17) is 0 Å². The van der Waals surface area contributed by atoms with Gasteiger partial charge in [-0.05, 0) is 61.4 Å². The van der Waals surface area contributed by atoms with Crippen LogP contribution in [0.25, 0.3) is 0 Å². The maximum atomic E-state index is 3.51. The second-order valence-electron chi connectivity index (χ2n) is 4.79. The van der Waals surface area contributed by atoms with Gasteiger partial charge in [-0.15, -0.1) is 0 Å². The van der Waals surface area contributed by atoms with Gasteiger partial charge in [0.2, 0.25) is 0 Å². The van der Waals surface area contributed by atoms with Crippen LogP contribution in [-0.4, -0.2) is 24.6 Å². The molecular formula is C16H27NS. The molecular weight excluding hydrogens is 238 g/mol. The summed E-state index contributed by atoms with van der Waals surface area (Å²) in [5.41, 5.74) is 2.95. The molecule has 1 atom stereocenters. The quantitative estimate of drug-likeness (QED) is 0.680. The van der Waals surface area contributed by atoms with Gasteiger partial charge in [-0.2, -0.15) is 11.8 Å². The molecule has 1 aromatic carbocycles. The average Bonchev–Trinajstić information content (AvgIpc) is 2.38. The Bertz CT molecular complexity index is 325. The fourth-order valence-corrected chi connectivity index (χ4v) is 2.96. The zero-order valence-electron chi connectivity index (χ0n) is 12.0. The first-order valence-electron chi connectivity index (χ1n) is 7.10. The van der Waals surface area contributed by atoms with Crippen molar-refractivity contribution in [3.8, 4) is 0 Å². The van der Waals surface area contributed by atoms with Crippen LogP contribution < -0.4 is 5.32 Å². The van der Waals surface area contributed by atoms with Gasteiger partial charge in [0, 0.05) is 0 Å². The first-order chi connectivity index (χ1) is 8.77. The number of rotatable bonds is 9. The molecule has 2 heteroatoms. The van der Waals surface area contributed by atoms with Crippen molar-refractivity contribution >= 4 is 11.8 Å². The zero-order chi connectivity index (χ0) is 13.2. The Morgan fingerprint density at radius 2 is 2.00 bits per heavy atom. The number of nitrogens with one attached hydrogen (secondary N) is 1. The van der Waals surface area contributed by atoms with Crippen LogP contribution in [0, 0.1) is 12.8 Å². The predicted octanol–water partition coefficient (Wildman–Crippen LogP) is 3.91. The van der Waals surface area contributed by atoms with Crippen LogP contribution in [0.4, 0.5) is 0 Å². The molecule has 0 heterocycles. The van der Waals surface area contributed by atoms with Crippen molar-refractivity contribution in [3.05, 3.63) is 35.4 Å². The number of hydrogen-bond donors (Lipinski definition) is 1. The Morgan fingerprint density at radius 1 is 1.22 bits per heavy atom. The maximum absolute atomic E-state index is 3.51. The van der Waals surface area contributed by atoms with Crippen molar-refractivity contribution in [1.29, 1.82) is 0 Å². The molecule has 1 unspecified atom stereocenters. The smallest absolute Gasteiger partial charge is 0.00172 e. The third-order valence-corrected chi connectivity index (χ3v) is 4.26. The fourth-order valence-electron chi connectivity index (χ4n) is 2.17. The summed E-state index contributed by atoms with van der Waals surface area (Å²) >= 11 is 2.06. The number of benzene rings is 1. The van der Waals surface area contributed by atoms with Crippen molar-refractivity contribution in [1.82, 2.24) is 5.32 Å². The molecule has 0 radical (unpaired) electrons. The van der Waals surface area contributed by atoms with Gasteiger partial charge < -0.3 is 5.32 Å². The van der Waals surface area contributed by atoms with E-state index >= 15 is 0 Å². The van der Waals surface area contributed by atoms with Crippen LogP contribution in [0.5, 0.6) is 0 Å². The summed E-state index contributed by atoms with van der Waals surface area (Å²) in [5.74, 6) is 3.29. The molecule has 102 valence electrons. The van der Waals surface area contributed by atoms with Gasteiger partial charge >= 0.3 is 0 Å². The van der Waals surface area contributed by atoms with Crippen molar-refractivity contribution in [2.75, 3.05) is 24.6 Å². The molecule has 0 aliphatic heterocycles. The Balaban J connectivity index is 2.51. The van der Waals surface area contributed by atoms with Crippen LogP contribution in [0.15, 0.2) is 24.3 Å². The van der Waals surface area contributed by atoms with Gasteiger partial charge in [0.05, 0.1) is 0 Å². The summed E-state index contributed by atoms with van der Waals surface area (Å²) in [6.45, 7) is 8.87.